The summed E-state index contributed by atoms with van der Waals surface area (Å²) in [5.41, 5.74) is 0. The fraction of sp³-hybridized carbons (Fsp3) is 0.500. The molecule has 0 N–H and O–H groups in total. The minimum absolute atomic E-state index is 0. The summed E-state index contributed by atoms with van der Waals surface area (Å²) >= 11 is 0. The Labute approximate surface area is 153 Å². The molecular formula is C16H24O6Ti. The molecule has 0 saturated heterocycles. The third-order valence-electron chi connectivity index (χ3n) is 1.05. The molecule has 0 aromatic rings. The molecule has 0 heterocycles. The molecule has 0 amide bonds. The third-order valence-corrected chi connectivity index (χ3v) is 1.05. The fourth-order valence-electron chi connectivity index (χ4n) is 0.524. The standard InChI is InChI=1S/2C5H5O3.2C3H7.Ti/c2*1-4(7)2-5(8)3-6;2*1-3-2;/h2*2H2,1H3;2*3H,1-2H3;/q4*-1;+4. The van der Waals surface area contributed by atoms with Crippen LogP contribution in [0.25, 0.3) is 0 Å². The van der Waals surface area contributed by atoms with Crippen molar-refractivity contribution in [2.75, 3.05) is 0 Å². The maximum absolute atomic E-state index is 10.0. The monoisotopic (exact) mass is 360 g/mol. The van der Waals surface area contributed by atoms with Crippen molar-refractivity contribution >= 4 is 35.7 Å². The molecule has 0 aliphatic heterocycles. The Kier molecular flexibility index (Phi) is 41.8. The van der Waals surface area contributed by atoms with Crippen molar-refractivity contribution in [1.29, 1.82) is 0 Å². The Morgan fingerprint density at radius 3 is 0.913 bits per heavy atom. The van der Waals surface area contributed by atoms with E-state index in [1.54, 1.807) is 0 Å². The average molecular weight is 360 g/mol. The Morgan fingerprint density at radius 2 is 0.870 bits per heavy atom. The van der Waals surface area contributed by atoms with E-state index in [4.69, 9.17) is 0 Å². The van der Waals surface area contributed by atoms with E-state index in [0.717, 1.165) is 12.6 Å². The summed E-state index contributed by atoms with van der Waals surface area (Å²) in [4.78, 5) is 58.8. The van der Waals surface area contributed by atoms with Gasteiger partial charge in [0.15, 0.2) is 0 Å². The van der Waals surface area contributed by atoms with E-state index in [1.165, 1.54) is 13.8 Å². The minimum atomic E-state index is -0.780. The van der Waals surface area contributed by atoms with Crippen LogP contribution in [0, 0.1) is 12.8 Å². The van der Waals surface area contributed by atoms with E-state index >= 15 is 0 Å². The van der Waals surface area contributed by atoms with E-state index in [0.29, 0.717) is 0 Å². The summed E-state index contributed by atoms with van der Waals surface area (Å²) in [6, 6.07) is 0. The summed E-state index contributed by atoms with van der Waals surface area (Å²) in [7, 11) is 0. The second-order valence-electron chi connectivity index (χ2n) is 3.96. The predicted molar refractivity (Wildman–Crippen MR) is 83.3 cm³/mol. The molecule has 0 spiro atoms. The zero-order chi connectivity index (χ0) is 18.6. The van der Waals surface area contributed by atoms with Gasteiger partial charge in [-0.25, -0.2) is 0 Å². The van der Waals surface area contributed by atoms with Crippen LogP contribution in [-0.2, 0) is 50.5 Å². The zero-order valence-electron chi connectivity index (χ0n) is 14.5. The van der Waals surface area contributed by atoms with E-state index in [2.05, 4.69) is 0 Å². The van der Waals surface area contributed by atoms with Gasteiger partial charge in [0.1, 0.15) is 11.6 Å². The molecule has 0 aliphatic carbocycles. The van der Waals surface area contributed by atoms with Crippen molar-refractivity contribution in [2.45, 2.75) is 54.4 Å². The zero-order valence-corrected chi connectivity index (χ0v) is 16.1. The van der Waals surface area contributed by atoms with Crippen LogP contribution in [0.15, 0.2) is 0 Å². The number of hydrogen-bond acceptors (Lipinski definition) is 6. The average Bonchev–Trinajstić information content (AvgIpc) is 2.39. The van der Waals surface area contributed by atoms with Crippen molar-refractivity contribution in [3.63, 3.8) is 0 Å². The summed E-state index contributed by atoms with van der Waals surface area (Å²) in [5, 5.41) is 0. The molecule has 0 saturated carbocycles. The van der Waals surface area contributed by atoms with Gasteiger partial charge in [-0.2, -0.15) is 40.3 Å². The van der Waals surface area contributed by atoms with Gasteiger partial charge in [0.25, 0.3) is 0 Å². The Bertz CT molecular complexity index is 316. The van der Waals surface area contributed by atoms with Crippen LogP contribution in [0.3, 0.4) is 0 Å². The number of rotatable bonds is 6. The summed E-state index contributed by atoms with van der Waals surface area (Å²) in [5.74, 6) is -2.17. The Hall–Kier alpha value is -1.27. The first kappa shape index (κ1) is 33.4. The van der Waals surface area contributed by atoms with Crippen molar-refractivity contribution < 1.29 is 50.5 Å². The summed E-state index contributed by atoms with van der Waals surface area (Å²) in [6.45, 7) is 10.5. The molecule has 0 aromatic carbocycles. The first-order valence-electron chi connectivity index (χ1n) is 6.45. The smallest absolute Gasteiger partial charge is 0.534 e. The molecule has 0 radical (unpaired) electrons. The molecule has 0 unspecified atom stereocenters. The first-order valence-corrected chi connectivity index (χ1v) is 6.45. The van der Waals surface area contributed by atoms with Crippen LogP contribution in [0.4, 0.5) is 0 Å². The van der Waals surface area contributed by atoms with Crippen molar-refractivity contribution in [2.24, 2.45) is 0 Å². The van der Waals surface area contributed by atoms with Gasteiger partial charge in [-0.1, -0.05) is 0 Å². The maximum atomic E-state index is 10.0. The number of carbonyl (C=O) groups excluding carboxylic acids is 6. The van der Waals surface area contributed by atoms with Gasteiger partial charge in [0.05, 0.1) is 0 Å². The molecule has 0 bridgehead atoms. The number of ketones is 4. The molecule has 7 heteroatoms. The van der Waals surface area contributed by atoms with Crippen LogP contribution in [0.2, 0.25) is 0 Å². The van der Waals surface area contributed by atoms with Gasteiger partial charge in [-0.3, -0.25) is 9.59 Å². The SMILES string of the molecule is CC(=O)CC(=O)[C-]=O.CC(=O)CC(=O)[C-]=O.C[CH-]C.C[CH-]C.[Ti+4]. The molecule has 23 heavy (non-hydrogen) atoms. The molecule has 128 valence electrons. The van der Waals surface area contributed by atoms with Crippen LogP contribution in [0.5, 0.6) is 0 Å². The van der Waals surface area contributed by atoms with Crippen LogP contribution in [0.1, 0.15) is 54.4 Å². The molecule has 0 fully saturated rings. The van der Waals surface area contributed by atoms with Gasteiger partial charge >= 0.3 is 21.7 Å². The van der Waals surface area contributed by atoms with E-state index in [9.17, 15) is 28.8 Å². The second kappa shape index (κ2) is 28.8. The molecule has 0 rings (SSSR count). The quantitative estimate of drug-likeness (QED) is 0.309. The van der Waals surface area contributed by atoms with E-state index in [-0.39, 0.29) is 46.1 Å². The number of Topliss-reactive ketones (excluding diaryl/α,β-unsaturated/α-hetero) is 4. The molecule has 0 aromatic heterocycles. The Balaban J connectivity index is -0.0000000680. The van der Waals surface area contributed by atoms with Crippen LogP contribution in [-0.4, -0.2) is 35.7 Å². The fourth-order valence-corrected chi connectivity index (χ4v) is 0.524. The maximum Gasteiger partial charge on any atom is 4.00 e. The number of hydrogen-bond donors (Lipinski definition) is 0. The number of carbonyl (C=O) groups is 4. The van der Waals surface area contributed by atoms with Gasteiger partial charge in [-0.15, -0.1) is 0 Å². The van der Waals surface area contributed by atoms with Crippen molar-refractivity contribution in [3.8, 4) is 0 Å². The van der Waals surface area contributed by atoms with Gasteiger partial charge in [0, 0.05) is 24.4 Å². The van der Waals surface area contributed by atoms with E-state index < -0.39 is 11.6 Å². The first-order chi connectivity index (χ1) is 10.2. The molecule has 6 nitrogen and oxygen atoms in total. The predicted octanol–water partition coefficient (Wildman–Crippen LogP) is 1.75. The molecule has 0 atom stereocenters. The van der Waals surface area contributed by atoms with Crippen LogP contribution < -0.4 is 0 Å². The summed E-state index contributed by atoms with van der Waals surface area (Å²) < 4.78 is 0. The van der Waals surface area contributed by atoms with Crippen molar-refractivity contribution in [1.82, 2.24) is 0 Å². The third kappa shape index (κ3) is 63.2. The van der Waals surface area contributed by atoms with Gasteiger partial charge in [-0.05, 0) is 13.8 Å². The van der Waals surface area contributed by atoms with Crippen molar-refractivity contribution in [3.05, 3.63) is 12.8 Å². The van der Waals surface area contributed by atoms with E-state index in [1.807, 2.05) is 40.5 Å². The second-order valence-corrected chi connectivity index (χ2v) is 3.96. The van der Waals surface area contributed by atoms with Gasteiger partial charge < -0.3 is 32.0 Å². The van der Waals surface area contributed by atoms with Crippen LogP contribution >= 0.6 is 0 Å². The largest absolute Gasteiger partial charge is 4.00 e. The topological polar surface area (TPSA) is 102 Å². The molecular weight excluding hydrogens is 336 g/mol. The molecule has 0 aliphatic rings. The Morgan fingerprint density at radius 1 is 0.696 bits per heavy atom. The normalized spacial score (nSPS) is 7.22. The minimum Gasteiger partial charge on any atom is -0.534 e. The summed E-state index contributed by atoms with van der Waals surface area (Å²) in [6.07, 6.45) is 5.54. The van der Waals surface area contributed by atoms with Gasteiger partial charge in [0.2, 0.25) is 0 Å².